The molecule has 0 radical (unpaired) electrons. The number of nitrogens with one attached hydrogen (secondary N) is 1. The summed E-state index contributed by atoms with van der Waals surface area (Å²) in [7, 11) is 0. The van der Waals surface area contributed by atoms with Crippen LogP contribution in [0.5, 0.6) is 0 Å². The normalized spacial score (nSPS) is 18.7. The molecule has 1 unspecified atom stereocenters. The lowest BCUT2D eigenvalue weighted by atomic mass is 10.2. The third kappa shape index (κ3) is 4.39. The molecule has 1 aliphatic rings. The molecule has 1 saturated heterocycles. The Balaban J connectivity index is 1.92. The average molecular weight is 313 g/mol. The van der Waals surface area contributed by atoms with E-state index in [0.29, 0.717) is 29.6 Å². The van der Waals surface area contributed by atoms with Gasteiger partial charge in [0.25, 0.3) is 0 Å². The van der Waals surface area contributed by atoms with Crippen molar-refractivity contribution in [3.8, 4) is 0 Å². The zero-order chi connectivity index (χ0) is 15.6. The van der Waals surface area contributed by atoms with Gasteiger partial charge in [-0.2, -0.15) is 0 Å². The quantitative estimate of drug-likeness (QED) is 0.877. The highest BCUT2D eigenvalue weighted by atomic mass is 35.5. The Bertz CT molecular complexity index is 530. The largest absolute Gasteiger partial charge is 0.444 e. The second kappa shape index (κ2) is 5.97. The molecule has 1 aromatic heterocycles. The minimum absolute atomic E-state index is 0.105. The lowest BCUT2D eigenvalue weighted by Gasteiger charge is -2.24. The number of likely N-dealkylation sites (tertiary alicyclic amines) is 1. The van der Waals surface area contributed by atoms with Gasteiger partial charge >= 0.3 is 6.09 Å². The molecule has 1 atom stereocenters. The van der Waals surface area contributed by atoms with Crippen LogP contribution in [-0.2, 0) is 4.74 Å². The summed E-state index contributed by atoms with van der Waals surface area (Å²) in [6.45, 7) is 6.79. The summed E-state index contributed by atoms with van der Waals surface area (Å²) in [6, 6.07) is 1.76. The molecule has 1 amide bonds. The van der Waals surface area contributed by atoms with Crippen molar-refractivity contribution in [2.24, 2.45) is 0 Å². The van der Waals surface area contributed by atoms with E-state index in [4.69, 9.17) is 22.1 Å². The van der Waals surface area contributed by atoms with Crippen LogP contribution >= 0.6 is 11.6 Å². The first-order valence-corrected chi connectivity index (χ1v) is 7.28. The first-order valence-electron chi connectivity index (χ1n) is 6.90. The number of carbonyl (C=O) groups excluding carboxylic acids is 1. The summed E-state index contributed by atoms with van der Waals surface area (Å²) in [6.07, 6.45) is 2.08. The highest BCUT2D eigenvalue weighted by Gasteiger charge is 2.30. The molecule has 3 N–H and O–H groups in total. The molecule has 0 bridgehead atoms. The second-order valence-electron chi connectivity index (χ2n) is 6.15. The number of hydrogen-bond acceptors (Lipinski definition) is 5. The molecular formula is C14H21ClN4O2. The smallest absolute Gasteiger partial charge is 0.410 e. The van der Waals surface area contributed by atoms with E-state index in [1.54, 1.807) is 17.2 Å². The molecule has 0 aromatic carbocycles. The number of nitrogen functional groups attached to an aromatic ring is 1. The lowest BCUT2D eigenvalue weighted by molar-refractivity contribution is 0.0293. The maximum Gasteiger partial charge on any atom is 0.410 e. The fourth-order valence-corrected chi connectivity index (χ4v) is 2.31. The third-order valence-electron chi connectivity index (χ3n) is 3.06. The number of carbonyl (C=O) groups is 1. The van der Waals surface area contributed by atoms with Crippen molar-refractivity contribution in [1.29, 1.82) is 0 Å². The molecule has 7 heteroatoms. The van der Waals surface area contributed by atoms with Crippen LogP contribution in [0.15, 0.2) is 12.3 Å². The van der Waals surface area contributed by atoms with Gasteiger partial charge in [-0.05, 0) is 33.3 Å². The highest BCUT2D eigenvalue weighted by Crippen LogP contribution is 2.23. The SMILES string of the molecule is CC(C)(C)OC(=O)N1CCC(Nc2ncc(Cl)cc2N)C1. The van der Waals surface area contributed by atoms with Crippen LogP contribution in [0.4, 0.5) is 16.3 Å². The Labute approximate surface area is 129 Å². The number of pyridine rings is 1. The lowest BCUT2D eigenvalue weighted by Crippen LogP contribution is -2.36. The van der Waals surface area contributed by atoms with Crippen molar-refractivity contribution in [2.75, 3.05) is 24.1 Å². The third-order valence-corrected chi connectivity index (χ3v) is 3.27. The van der Waals surface area contributed by atoms with Crippen molar-refractivity contribution in [3.05, 3.63) is 17.3 Å². The van der Waals surface area contributed by atoms with Gasteiger partial charge < -0.3 is 20.7 Å². The van der Waals surface area contributed by atoms with Gasteiger partial charge in [0.15, 0.2) is 0 Å². The van der Waals surface area contributed by atoms with Gasteiger partial charge in [-0.3, -0.25) is 0 Å². The molecule has 2 rings (SSSR count). The highest BCUT2D eigenvalue weighted by molar-refractivity contribution is 6.30. The summed E-state index contributed by atoms with van der Waals surface area (Å²) < 4.78 is 5.36. The second-order valence-corrected chi connectivity index (χ2v) is 6.58. The van der Waals surface area contributed by atoms with Gasteiger partial charge in [0.1, 0.15) is 11.4 Å². The van der Waals surface area contributed by atoms with E-state index in [2.05, 4.69) is 10.3 Å². The molecule has 0 saturated carbocycles. The van der Waals surface area contributed by atoms with Crippen LogP contribution in [0.25, 0.3) is 0 Å². The predicted molar refractivity (Wildman–Crippen MR) is 83.5 cm³/mol. The number of ether oxygens (including phenoxy) is 1. The Hall–Kier alpha value is -1.69. The Morgan fingerprint density at radius 3 is 2.90 bits per heavy atom. The minimum Gasteiger partial charge on any atom is -0.444 e. The average Bonchev–Trinajstić information content (AvgIpc) is 2.79. The monoisotopic (exact) mass is 312 g/mol. The number of anilines is 2. The predicted octanol–water partition coefficient (Wildman–Crippen LogP) is 2.74. The minimum atomic E-state index is -0.481. The van der Waals surface area contributed by atoms with Gasteiger partial charge in [-0.1, -0.05) is 11.6 Å². The maximum absolute atomic E-state index is 12.0. The molecule has 21 heavy (non-hydrogen) atoms. The van der Waals surface area contributed by atoms with Crippen LogP contribution in [0, 0.1) is 0 Å². The summed E-state index contributed by atoms with van der Waals surface area (Å²) >= 11 is 5.82. The van der Waals surface area contributed by atoms with E-state index in [1.807, 2.05) is 20.8 Å². The zero-order valence-corrected chi connectivity index (χ0v) is 13.3. The number of aromatic nitrogens is 1. The van der Waals surface area contributed by atoms with Gasteiger partial charge in [0, 0.05) is 25.3 Å². The summed E-state index contributed by atoms with van der Waals surface area (Å²) in [5.74, 6) is 0.593. The number of amides is 1. The molecule has 116 valence electrons. The van der Waals surface area contributed by atoms with Gasteiger partial charge in [0.05, 0.1) is 10.7 Å². The van der Waals surface area contributed by atoms with Gasteiger partial charge in [-0.15, -0.1) is 0 Å². The molecule has 1 aromatic rings. The molecule has 6 nitrogen and oxygen atoms in total. The molecule has 0 aliphatic carbocycles. The van der Waals surface area contributed by atoms with Crippen LogP contribution < -0.4 is 11.1 Å². The van der Waals surface area contributed by atoms with Crippen LogP contribution in [0.3, 0.4) is 0 Å². The standard InChI is InChI=1S/C14H21ClN4O2/c1-14(2,3)21-13(20)19-5-4-10(8-19)18-12-11(16)6-9(15)7-17-12/h6-7,10H,4-5,8,16H2,1-3H3,(H,17,18). The fraction of sp³-hybridized carbons (Fsp3) is 0.571. The van der Waals surface area contributed by atoms with E-state index < -0.39 is 5.60 Å². The number of nitrogens with two attached hydrogens (primary N) is 1. The number of halogens is 1. The van der Waals surface area contributed by atoms with E-state index in [0.717, 1.165) is 6.42 Å². The van der Waals surface area contributed by atoms with Crippen molar-refractivity contribution >= 4 is 29.2 Å². The first kappa shape index (κ1) is 15.7. The Morgan fingerprint density at radius 1 is 1.57 bits per heavy atom. The summed E-state index contributed by atoms with van der Waals surface area (Å²) in [5.41, 5.74) is 5.88. The maximum atomic E-state index is 12.0. The molecular weight excluding hydrogens is 292 g/mol. The summed E-state index contributed by atoms with van der Waals surface area (Å²) in [4.78, 5) is 17.8. The number of rotatable bonds is 2. The van der Waals surface area contributed by atoms with E-state index in [9.17, 15) is 4.79 Å². The fourth-order valence-electron chi connectivity index (χ4n) is 2.14. The number of nitrogens with zero attached hydrogens (tertiary/aromatic N) is 2. The molecule has 0 spiro atoms. The van der Waals surface area contributed by atoms with Crippen LogP contribution in [0.1, 0.15) is 27.2 Å². The van der Waals surface area contributed by atoms with Crippen LogP contribution in [-0.4, -0.2) is 40.7 Å². The van der Waals surface area contributed by atoms with Gasteiger partial charge in [0.2, 0.25) is 0 Å². The first-order chi connectivity index (χ1) is 9.74. The Morgan fingerprint density at radius 2 is 2.29 bits per heavy atom. The summed E-state index contributed by atoms with van der Waals surface area (Å²) in [5, 5.41) is 3.74. The molecule has 2 heterocycles. The van der Waals surface area contributed by atoms with Crippen molar-refractivity contribution < 1.29 is 9.53 Å². The Kier molecular flexibility index (Phi) is 4.46. The van der Waals surface area contributed by atoms with E-state index in [1.165, 1.54) is 0 Å². The van der Waals surface area contributed by atoms with E-state index in [-0.39, 0.29) is 12.1 Å². The molecule has 1 fully saturated rings. The topological polar surface area (TPSA) is 80.5 Å². The number of hydrogen-bond donors (Lipinski definition) is 2. The van der Waals surface area contributed by atoms with Crippen molar-refractivity contribution in [2.45, 2.75) is 38.8 Å². The van der Waals surface area contributed by atoms with Gasteiger partial charge in [-0.25, -0.2) is 9.78 Å². The molecule has 1 aliphatic heterocycles. The van der Waals surface area contributed by atoms with E-state index >= 15 is 0 Å². The van der Waals surface area contributed by atoms with Crippen LogP contribution in [0.2, 0.25) is 5.02 Å². The van der Waals surface area contributed by atoms with Crippen molar-refractivity contribution in [1.82, 2.24) is 9.88 Å². The van der Waals surface area contributed by atoms with Crippen molar-refractivity contribution in [3.63, 3.8) is 0 Å². The zero-order valence-electron chi connectivity index (χ0n) is 12.5.